The van der Waals surface area contributed by atoms with E-state index in [1.807, 2.05) is 13.8 Å². The van der Waals surface area contributed by atoms with Gasteiger partial charge < -0.3 is 0 Å². The van der Waals surface area contributed by atoms with Gasteiger partial charge in [-0.2, -0.15) is 5.10 Å². The molecular weight excluding hydrogens is 132 g/mol. The Labute approximate surface area is 59.9 Å². The van der Waals surface area contributed by atoms with E-state index >= 15 is 0 Å². The van der Waals surface area contributed by atoms with Crippen LogP contribution in [0.25, 0.3) is 0 Å². The molecule has 1 rings (SSSR count). The fourth-order valence-corrected chi connectivity index (χ4v) is 0.443. The number of H-pyrrole nitrogens is 1. The van der Waals surface area contributed by atoms with Crippen LogP contribution in [-0.2, 0) is 0 Å². The molecule has 2 nitrogen and oxygen atoms in total. The molecule has 1 aromatic rings. The third-order valence-corrected chi connectivity index (χ3v) is 0.810. The third kappa shape index (κ3) is 3.85. The van der Waals surface area contributed by atoms with Gasteiger partial charge in [-0.25, -0.2) is 0 Å². The lowest BCUT2D eigenvalue weighted by molar-refractivity contribution is 1.02. The van der Waals surface area contributed by atoms with Crippen molar-refractivity contribution in [1.29, 1.82) is 0 Å². The molecule has 1 aromatic heterocycles. The van der Waals surface area contributed by atoms with E-state index in [9.17, 15) is 0 Å². The second kappa shape index (κ2) is 5.44. The number of nitrogens with zero attached hydrogens (tertiary/aromatic N) is 1. The van der Waals surface area contributed by atoms with Gasteiger partial charge in [0.1, 0.15) is 4.64 Å². The molecule has 0 bridgehead atoms. The van der Waals surface area contributed by atoms with Gasteiger partial charge in [0, 0.05) is 6.20 Å². The summed E-state index contributed by atoms with van der Waals surface area (Å²) in [5.74, 6) is 0. The maximum Gasteiger partial charge on any atom is 0.119 e. The lowest BCUT2D eigenvalue weighted by atomic mass is 10.6. The van der Waals surface area contributed by atoms with Crippen molar-refractivity contribution in [3.05, 3.63) is 23.0 Å². The van der Waals surface area contributed by atoms with E-state index in [1.54, 1.807) is 18.3 Å². The Kier molecular flexibility index (Phi) is 5.01. The molecule has 0 aromatic carbocycles. The standard InChI is InChI=1S/C4H4N2S.C2H6/c7-4-2-1-3-5-6-4;1-2/h1-3H,(H,6,7);1-2H3. The van der Waals surface area contributed by atoms with Crippen molar-refractivity contribution in [1.82, 2.24) is 10.2 Å². The fraction of sp³-hybridized carbons (Fsp3) is 0.333. The first kappa shape index (κ1) is 8.30. The van der Waals surface area contributed by atoms with Crippen LogP contribution in [0.15, 0.2) is 18.3 Å². The van der Waals surface area contributed by atoms with Crippen molar-refractivity contribution >= 4 is 12.2 Å². The van der Waals surface area contributed by atoms with Crippen LogP contribution in [0.5, 0.6) is 0 Å². The number of hydrogen-bond acceptors (Lipinski definition) is 2. The van der Waals surface area contributed by atoms with E-state index in [1.165, 1.54) is 0 Å². The van der Waals surface area contributed by atoms with Crippen molar-refractivity contribution in [2.75, 3.05) is 0 Å². The van der Waals surface area contributed by atoms with Crippen LogP contribution in [0.3, 0.4) is 0 Å². The molecule has 0 saturated carbocycles. The minimum absolute atomic E-state index is 0.669. The Hall–Kier alpha value is -0.700. The average molecular weight is 142 g/mol. The first-order chi connectivity index (χ1) is 4.39. The van der Waals surface area contributed by atoms with E-state index in [-0.39, 0.29) is 0 Å². The summed E-state index contributed by atoms with van der Waals surface area (Å²) in [6, 6.07) is 3.57. The van der Waals surface area contributed by atoms with Crippen molar-refractivity contribution in [2.24, 2.45) is 0 Å². The van der Waals surface area contributed by atoms with Gasteiger partial charge in [0.05, 0.1) is 0 Å². The SMILES string of the molecule is CC.S=c1cccn[nH]1. The van der Waals surface area contributed by atoms with Crippen LogP contribution in [0.1, 0.15) is 13.8 Å². The predicted octanol–water partition coefficient (Wildman–Crippen LogP) is 2.17. The molecular formula is C6H10N2S. The highest BCUT2D eigenvalue weighted by Gasteiger charge is 1.66. The molecule has 9 heavy (non-hydrogen) atoms. The molecule has 0 unspecified atom stereocenters. The van der Waals surface area contributed by atoms with E-state index in [2.05, 4.69) is 10.2 Å². The number of rotatable bonds is 0. The summed E-state index contributed by atoms with van der Waals surface area (Å²) in [7, 11) is 0. The van der Waals surface area contributed by atoms with Crippen LogP contribution in [-0.4, -0.2) is 10.2 Å². The zero-order valence-electron chi connectivity index (χ0n) is 5.59. The first-order valence-corrected chi connectivity index (χ1v) is 3.30. The molecule has 0 aliphatic carbocycles. The van der Waals surface area contributed by atoms with Crippen LogP contribution in [0, 0.1) is 4.64 Å². The van der Waals surface area contributed by atoms with Gasteiger partial charge in [0.15, 0.2) is 0 Å². The molecule has 0 atom stereocenters. The van der Waals surface area contributed by atoms with E-state index < -0.39 is 0 Å². The summed E-state index contributed by atoms with van der Waals surface area (Å²) >= 11 is 4.69. The fourth-order valence-electron chi connectivity index (χ4n) is 0.312. The number of nitrogens with one attached hydrogen (secondary N) is 1. The van der Waals surface area contributed by atoms with Crippen LogP contribution in [0.2, 0.25) is 0 Å². The van der Waals surface area contributed by atoms with Gasteiger partial charge in [-0.3, -0.25) is 5.10 Å². The minimum Gasteiger partial charge on any atom is -0.268 e. The second-order valence-corrected chi connectivity index (χ2v) is 1.55. The molecule has 0 spiro atoms. The predicted molar refractivity (Wildman–Crippen MR) is 40.8 cm³/mol. The summed E-state index contributed by atoms with van der Waals surface area (Å²) < 4.78 is 0.669. The Morgan fingerprint density at radius 3 is 2.44 bits per heavy atom. The maximum absolute atomic E-state index is 4.69. The zero-order valence-corrected chi connectivity index (χ0v) is 6.40. The zero-order chi connectivity index (χ0) is 7.11. The van der Waals surface area contributed by atoms with E-state index in [0.29, 0.717) is 4.64 Å². The molecule has 0 saturated heterocycles. The highest BCUT2D eigenvalue weighted by atomic mass is 32.1. The summed E-state index contributed by atoms with van der Waals surface area (Å²) in [6.45, 7) is 4.00. The van der Waals surface area contributed by atoms with E-state index in [4.69, 9.17) is 12.2 Å². The Morgan fingerprint density at radius 1 is 1.56 bits per heavy atom. The first-order valence-electron chi connectivity index (χ1n) is 2.89. The molecule has 50 valence electrons. The van der Waals surface area contributed by atoms with Crippen molar-refractivity contribution < 1.29 is 0 Å². The van der Waals surface area contributed by atoms with Crippen LogP contribution < -0.4 is 0 Å². The molecule has 1 heterocycles. The Balaban J connectivity index is 0.000000291. The number of hydrogen-bond donors (Lipinski definition) is 1. The average Bonchev–Trinajstić information content (AvgIpc) is 1.94. The monoisotopic (exact) mass is 142 g/mol. The molecule has 0 aliphatic heterocycles. The molecule has 0 fully saturated rings. The lowest BCUT2D eigenvalue weighted by Crippen LogP contribution is -1.74. The lowest BCUT2D eigenvalue weighted by Gasteiger charge is -1.75. The van der Waals surface area contributed by atoms with E-state index in [0.717, 1.165) is 0 Å². The van der Waals surface area contributed by atoms with Gasteiger partial charge in [0.2, 0.25) is 0 Å². The van der Waals surface area contributed by atoms with Gasteiger partial charge in [0.25, 0.3) is 0 Å². The number of aromatic nitrogens is 2. The third-order valence-electron chi connectivity index (χ3n) is 0.583. The quantitative estimate of drug-likeness (QED) is 0.562. The second-order valence-electron chi connectivity index (χ2n) is 1.11. The van der Waals surface area contributed by atoms with Crippen LogP contribution >= 0.6 is 12.2 Å². The summed E-state index contributed by atoms with van der Waals surface area (Å²) in [6.07, 6.45) is 1.65. The Bertz CT molecular complexity index is 177. The van der Waals surface area contributed by atoms with Gasteiger partial charge >= 0.3 is 0 Å². The van der Waals surface area contributed by atoms with Gasteiger partial charge in [-0.05, 0) is 12.1 Å². The smallest absolute Gasteiger partial charge is 0.119 e. The normalized spacial score (nSPS) is 7.33. The van der Waals surface area contributed by atoms with Crippen molar-refractivity contribution in [2.45, 2.75) is 13.8 Å². The summed E-state index contributed by atoms with van der Waals surface area (Å²) in [5.41, 5.74) is 0. The molecule has 3 heteroatoms. The molecule has 0 radical (unpaired) electrons. The van der Waals surface area contributed by atoms with Crippen molar-refractivity contribution in [3.63, 3.8) is 0 Å². The molecule has 0 aliphatic rings. The van der Waals surface area contributed by atoms with Crippen LogP contribution in [0.4, 0.5) is 0 Å². The maximum atomic E-state index is 4.69. The highest BCUT2D eigenvalue weighted by molar-refractivity contribution is 7.71. The summed E-state index contributed by atoms with van der Waals surface area (Å²) in [4.78, 5) is 0. The van der Waals surface area contributed by atoms with Gasteiger partial charge in [-0.1, -0.05) is 26.1 Å². The summed E-state index contributed by atoms with van der Waals surface area (Å²) in [5, 5.41) is 6.25. The topological polar surface area (TPSA) is 28.7 Å². The Morgan fingerprint density at radius 2 is 2.22 bits per heavy atom. The number of aromatic amines is 1. The molecule has 1 N–H and O–H groups in total. The molecule has 0 amide bonds. The minimum atomic E-state index is 0.669. The highest BCUT2D eigenvalue weighted by Crippen LogP contribution is 1.76. The van der Waals surface area contributed by atoms with Gasteiger partial charge in [-0.15, -0.1) is 0 Å². The largest absolute Gasteiger partial charge is 0.268 e. The van der Waals surface area contributed by atoms with Crippen molar-refractivity contribution in [3.8, 4) is 0 Å².